The first-order valence-corrected chi connectivity index (χ1v) is 13.7. The smallest absolute Gasteiger partial charge is 0.417 e. The lowest BCUT2D eigenvalue weighted by Crippen LogP contribution is -2.79. The third-order valence-corrected chi connectivity index (χ3v) is 9.34. The molecule has 0 aliphatic heterocycles. The minimum Gasteiger partial charge on any atom is -0.507 e. The predicted octanol–water partition coefficient (Wildman–Crippen LogP) is 1.57. The van der Waals surface area contributed by atoms with Gasteiger partial charge in [0, 0.05) is 11.1 Å². The van der Waals surface area contributed by atoms with Crippen LogP contribution in [0.1, 0.15) is 41.8 Å². The van der Waals surface area contributed by atoms with Crippen LogP contribution in [-0.2, 0) is 25.6 Å². The molecule has 2 aromatic carbocycles. The molecule has 0 bridgehead atoms. The Balaban J connectivity index is 1.60. The molecule has 0 saturated heterocycles. The lowest BCUT2D eigenvalue weighted by atomic mass is 9.42. The number of carbonyl (C=O) groups is 6. The van der Waals surface area contributed by atoms with Gasteiger partial charge in [-0.05, 0) is 69.1 Å². The summed E-state index contributed by atoms with van der Waals surface area (Å²) in [6, 6.07) is 8.06. The zero-order valence-corrected chi connectivity index (χ0v) is 24.4. The highest BCUT2D eigenvalue weighted by molar-refractivity contribution is 6.33. The van der Waals surface area contributed by atoms with Gasteiger partial charge in [0.1, 0.15) is 11.5 Å². The second-order valence-corrected chi connectivity index (χ2v) is 12.6. The fraction of sp³-hybridized carbons (Fsp3) is 0.419. The van der Waals surface area contributed by atoms with Crippen LogP contribution >= 0.6 is 0 Å². The zero-order chi connectivity index (χ0) is 31.8. The maximum absolute atomic E-state index is 14.3. The summed E-state index contributed by atoms with van der Waals surface area (Å²) in [5.74, 6) is -9.38. The van der Waals surface area contributed by atoms with Crippen LogP contribution in [-0.4, -0.2) is 76.0 Å². The average Bonchev–Trinajstić information content (AvgIpc) is 2.88. The Morgan fingerprint density at radius 1 is 1.02 bits per heavy atom. The number of aromatic hydroxyl groups is 1. The summed E-state index contributed by atoms with van der Waals surface area (Å²) < 4.78 is 5.36. The van der Waals surface area contributed by atoms with E-state index in [0.29, 0.717) is 0 Å². The van der Waals surface area contributed by atoms with Gasteiger partial charge < -0.3 is 20.7 Å². The summed E-state index contributed by atoms with van der Waals surface area (Å²) >= 11 is 0. The van der Waals surface area contributed by atoms with Crippen molar-refractivity contribution in [1.82, 2.24) is 4.90 Å². The zero-order valence-electron chi connectivity index (χ0n) is 24.4. The number of benzene rings is 2. The Kier molecular flexibility index (Phi) is 6.86. The fourth-order valence-corrected chi connectivity index (χ4v) is 7.69. The summed E-state index contributed by atoms with van der Waals surface area (Å²) in [5.41, 5.74) is 0.577. The van der Waals surface area contributed by atoms with E-state index in [0.717, 1.165) is 5.56 Å². The number of nitrogens with zero attached hydrogens (tertiary/aromatic N) is 1. The van der Waals surface area contributed by atoms with Gasteiger partial charge in [0.2, 0.25) is 5.91 Å². The molecule has 3 aliphatic carbocycles. The van der Waals surface area contributed by atoms with Crippen LogP contribution in [0, 0.1) is 29.6 Å². The van der Waals surface area contributed by atoms with Crippen LogP contribution in [0.15, 0.2) is 36.4 Å². The van der Waals surface area contributed by atoms with Crippen molar-refractivity contribution >= 4 is 40.8 Å². The molecule has 43 heavy (non-hydrogen) atoms. The molecular weight excluding hydrogens is 558 g/mol. The van der Waals surface area contributed by atoms with Gasteiger partial charge in [0.25, 0.3) is 0 Å². The van der Waals surface area contributed by atoms with E-state index in [1.807, 2.05) is 6.92 Å². The van der Waals surface area contributed by atoms with Crippen LogP contribution in [0.4, 0.5) is 10.5 Å². The van der Waals surface area contributed by atoms with Gasteiger partial charge in [-0.3, -0.25) is 34.2 Å². The number of ketones is 4. The lowest BCUT2D eigenvalue weighted by molar-refractivity contribution is -0.203. The monoisotopic (exact) mass is 591 g/mol. The minimum atomic E-state index is -2.89. The number of nitrogens with one attached hydrogen (secondary N) is 1. The number of amides is 2. The third kappa shape index (κ3) is 4.19. The Morgan fingerprint density at radius 3 is 2.23 bits per heavy atom. The first kappa shape index (κ1) is 30.1. The molecule has 2 fully saturated rings. The minimum absolute atomic E-state index is 0.0491. The van der Waals surface area contributed by atoms with Crippen molar-refractivity contribution in [3.63, 3.8) is 0 Å². The molecule has 6 atom stereocenters. The standard InChI is InChI=1S/C31H33N3O9/c1-14-6-8-15(9-7-14)43-28(41)33-17-10-11-18(35)19-16(17)12-29(2)13-30(3)24(34(4)5)23(37)20(27(32)40)25(38)31(30,42)26(39)21(29)22(19)36/h6-11,20-21,24,35,42H,12-13H2,1-5H3,(H2,32,40)(H,33,41)/t20?,21?,24-,29+,30+,31-/m1/s1. The van der Waals surface area contributed by atoms with Gasteiger partial charge in [-0.15, -0.1) is 0 Å². The number of aliphatic hydroxyl groups is 1. The van der Waals surface area contributed by atoms with E-state index in [1.54, 1.807) is 31.2 Å². The number of phenolic OH excluding ortho intramolecular Hbond substituents is 1. The van der Waals surface area contributed by atoms with E-state index in [-0.39, 0.29) is 35.4 Å². The summed E-state index contributed by atoms with van der Waals surface area (Å²) in [6.45, 7) is 4.93. The predicted molar refractivity (Wildman–Crippen MR) is 151 cm³/mol. The topological polar surface area (TPSA) is 193 Å². The van der Waals surface area contributed by atoms with Crippen LogP contribution in [0.5, 0.6) is 11.5 Å². The molecule has 2 amide bonds. The molecule has 3 aliphatic rings. The number of anilines is 1. The van der Waals surface area contributed by atoms with E-state index in [2.05, 4.69) is 5.32 Å². The van der Waals surface area contributed by atoms with Crippen LogP contribution < -0.4 is 15.8 Å². The molecule has 5 N–H and O–H groups in total. The maximum Gasteiger partial charge on any atom is 0.417 e. The summed E-state index contributed by atoms with van der Waals surface area (Å²) in [4.78, 5) is 81.9. The highest BCUT2D eigenvalue weighted by atomic mass is 16.6. The van der Waals surface area contributed by atoms with Gasteiger partial charge in [-0.1, -0.05) is 31.5 Å². The molecule has 2 saturated carbocycles. The van der Waals surface area contributed by atoms with Crippen LogP contribution in [0.3, 0.4) is 0 Å². The highest BCUT2D eigenvalue weighted by Crippen LogP contribution is 2.62. The van der Waals surface area contributed by atoms with Crippen molar-refractivity contribution in [2.45, 2.75) is 45.3 Å². The summed E-state index contributed by atoms with van der Waals surface area (Å²) in [5, 5.41) is 25.4. The number of Topliss-reactive ketones (excluding diaryl/α,β-unsaturated/α-hetero) is 4. The third-order valence-electron chi connectivity index (χ3n) is 9.34. The lowest BCUT2D eigenvalue weighted by Gasteiger charge is -2.61. The van der Waals surface area contributed by atoms with E-state index in [4.69, 9.17) is 10.5 Å². The second kappa shape index (κ2) is 9.81. The van der Waals surface area contributed by atoms with Crippen molar-refractivity contribution in [2.24, 2.45) is 28.4 Å². The molecule has 5 rings (SSSR count). The Bertz CT molecular complexity index is 1620. The molecule has 0 heterocycles. The van der Waals surface area contributed by atoms with Gasteiger partial charge >= 0.3 is 6.09 Å². The number of phenols is 1. The first-order valence-electron chi connectivity index (χ1n) is 13.7. The number of carbonyl (C=O) groups excluding carboxylic acids is 6. The molecule has 0 radical (unpaired) electrons. The largest absolute Gasteiger partial charge is 0.507 e. The quantitative estimate of drug-likeness (QED) is 0.299. The van der Waals surface area contributed by atoms with Crippen molar-refractivity contribution < 1.29 is 43.7 Å². The Labute approximate surface area is 247 Å². The van der Waals surface area contributed by atoms with Crippen molar-refractivity contribution in [1.29, 1.82) is 0 Å². The Morgan fingerprint density at radius 2 is 1.65 bits per heavy atom. The SMILES string of the molecule is Cc1ccc(OC(=O)Nc2ccc(O)c3c2C[C@@]2(C)C[C@@]4(C)[C@H](N(C)C)C(=O)C(C(N)=O)C(=O)[C@@]4(O)C(=O)C2C3=O)cc1. The number of rotatable bonds is 4. The number of hydrogen-bond acceptors (Lipinski definition) is 10. The average molecular weight is 592 g/mol. The van der Waals surface area contributed by atoms with Crippen LogP contribution in [0.25, 0.3) is 0 Å². The van der Waals surface area contributed by atoms with Crippen LogP contribution in [0.2, 0.25) is 0 Å². The molecule has 0 spiro atoms. The molecule has 0 aromatic heterocycles. The maximum atomic E-state index is 14.3. The molecule has 2 aromatic rings. The molecule has 12 nitrogen and oxygen atoms in total. The van der Waals surface area contributed by atoms with Gasteiger partial charge in [0.05, 0.1) is 17.5 Å². The van der Waals surface area contributed by atoms with E-state index >= 15 is 0 Å². The number of nitrogens with two attached hydrogens (primary N) is 1. The highest BCUT2D eigenvalue weighted by Gasteiger charge is 2.76. The number of aryl methyl sites for hydroxylation is 1. The summed E-state index contributed by atoms with van der Waals surface area (Å²) in [6.07, 6.45) is -1.08. The van der Waals surface area contributed by atoms with Crippen molar-refractivity contribution in [2.75, 3.05) is 19.4 Å². The molecule has 226 valence electrons. The number of primary amides is 1. The fourth-order valence-electron chi connectivity index (χ4n) is 7.69. The first-order chi connectivity index (χ1) is 20.0. The number of hydrogen-bond donors (Lipinski definition) is 4. The van der Waals surface area contributed by atoms with Gasteiger partial charge in [-0.2, -0.15) is 0 Å². The Hall–Kier alpha value is -4.42. The van der Waals surface area contributed by atoms with Crippen molar-refractivity contribution in [3.8, 4) is 11.5 Å². The van der Waals surface area contributed by atoms with E-state index in [1.165, 1.54) is 38.1 Å². The second-order valence-electron chi connectivity index (χ2n) is 12.6. The van der Waals surface area contributed by atoms with Gasteiger partial charge in [0.15, 0.2) is 34.7 Å². The number of ether oxygens (including phenoxy) is 1. The summed E-state index contributed by atoms with van der Waals surface area (Å²) in [7, 11) is 3.03. The molecule has 2 unspecified atom stereocenters. The van der Waals surface area contributed by atoms with Crippen molar-refractivity contribution in [3.05, 3.63) is 53.1 Å². The number of likely N-dealkylation sites (N-methyl/N-ethyl adjacent to an activating group) is 1. The molecule has 12 heteroatoms. The van der Waals surface area contributed by atoms with E-state index < -0.39 is 75.2 Å². The normalized spacial score (nSPS) is 31.7. The van der Waals surface area contributed by atoms with E-state index in [9.17, 15) is 39.0 Å². The number of fused-ring (bicyclic) bond motifs is 3. The molecular formula is C31H33N3O9. The van der Waals surface area contributed by atoms with Gasteiger partial charge in [-0.25, -0.2) is 4.79 Å².